The number of alkyl halides is 6. The summed E-state index contributed by atoms with van der Waals surface area (Å²) in [6.07, 6.45) is -9.86. The predicted molar refractivity (Wildman–Crippen MR) is 71.6 cm³/mol. The predicted octanol–water partition coefficient (Wildman–Crippen LogP) is 2.92. The molecule has 0 bridgehead atoms. The van der Waals surface area contributed by atoms with E-state index in [0.29, 0.717) is 6.07 Å². The lowest BCUT2D eigenvalue weighted by Crippen LogP contribution is -2.37. The van der Waals surface area contributed by atoms with Crippen molar-refractivity contribution in [2.45, 2.75) is 18.0 Å². The molecule has 26 heavy (non-hydrogen) atoms. The van der Waals surface area contributed by atoms with Gasteiger partial charge in [0.2, 0.25) is 0 Å². The third-order valence-corrected chi connectivity index (χ3v) is 4.59. The number of fused-ring (bicyclic) bond motifs is 1. The van der Waals surface area contributed by atoms with Crippen molar-refractivity contribution in [2.75, 3.05) is 19.7 Å². The van der Waals surface area contributed by atoms with E-state index in [4.69, 9.17) is 4.74 Å². The summed E-state index contributed by atoms with van der Waals surface area (Å²) in [7, 11) is 0. The second-order valence-electron chi connectivity index (χ2n) is 6.14. The molecule has 11 heteroatoms. The molecule has 0 amide bonds. The Balaban J connectivity index is 1.65. The highest BCUT2D eigenvalue weighted by atomic mass is 19.4. The molecule has 0 aromatic heterocycles. The average Bonchev–Trinajstić information content (AvgIpc) is 2.88. The lowest BCUT2D eigenvalue weighted by atomic mass is 10.2. The molecule has 1 saturated carbocycles. The van der Waals surface area contributed by atoms with Crippen molar-refractivity contribution in [3.8, 4) is 5.75 Å². The molecular weight excluding hydrogens is 375 g/mol. The van der Waals surface area contributed by atoms with Gasteiger partial charge in [-0.2, -0.15) is 26.3 Å². The summed E-state index contributed by atoms with van der Waals surface area (Å²) in [5.41, 5.74) is -2.58. The average molecular weight is 387 g/mol. The smallest absolute Gasteiger partial charge is 0.490 e. The van der Waals surface area contributed by atoms with Crippen LogP contribution in [0.4, 0.5) is 30.7 Å². The highest BCUT2D eigenvalue weighted by molar-refractivity contribution is 5.76. The molecule has 1 saturated heterocycles. The molecule has 2 fully saturated rings. The van der Waals surface area contributed by atoms with E-state index in [1.807, 2.05) is 0 Å². The van der Waals surface area contributed by atoms with E-state index in [1.165, 1.54) is 0 Å². The molecule has 1 aromatic rings. The molecule has 1 aromatic carbocycles. The fraction of sp³-hybridized carbons (Fsp3) is 0.533. The Labute approximate surface area is 142 Å². The van der Waals surface area contributed by atoms with Crippen LogP contribution in [-0.4, -0.2) is 37.4 Å². The highest BCUT2D eigenvalue weighted by Crippen LogP contribution is 2.56. The fourth-order valence-electron chi connectivity index (χ4n) is 3.22. The van der Waals surface area contributed by atoms with Crippen LogP contribution in [0.25, 0.3) is 0 Å². The first-order valence-electron chi connectivity index (χ1n) is 7.45. The summed E-state index contributed by atoms with van der Waals surface area (Å²) in [4.78, 5) is 11.1. The number of ether oxygens (including phenoxy) is 2. The maximum Gasteiger partial charge on any atom is 0.490 e. The first kappa shape index (κ1) is 18.7. The molecule has 1 aliphatic carbocycles. The number of halogens is 7. The van der Waals surface area contributed by atoms with E-state index >= 15 is 0 Å². The van der Waals surface area contributed by atoms with Gasteiger partial charge in [-0.1, -0.05) is 0 Å². The quantitative estimate of drug-likeness (QED) is 0.638. The Kier molecular flexibility index (Phi) is 4.32. The Morgan fingerprint density at radius 3 is 2.50 bits per heavy atom. The normalized spacial score (nSPS) is 27.8. The number of esters is 1. The maximum absolute atomic E-state index is 13.7. The van der Waals surface area contributed by atoms with Gasteiger partial charge in [-0.3, -0.25) is 0 Å². The number of benzene rings is 1. The van der Waals surface area contributed by atoms with E-state index in [-0.39, 0.29) is 25.8 Å². The number of hydrogen-bond acceptors (Lipinski definition) is 4. The van der Waals surface area contributed by atoms with Gasteiger partial charge < -0.3 is 14.8 Å². The number of nitrogens with one attached hydrogen (secondary N) is 1. The van der Waals surface area contributed by atoms with Crippen molar-refractivity contribution in [1.82, 2.24) is 5.32 Å². The molecule has 0 radical (unpaired) electrons. The summed E-state index contributed by atoms with van der Waals surface area (Å²) in [6, 6.07) is 1.69. The summed E-state index contributed by atoms with van der Waals surface area (Å²) in [5.74, 6) is -5.09. The first-order chi connectivity index (χ1) is 11.9. The van der Waals surface area contributed by atoms with Crippen molar-refractivity contribution in [3.63, 3.8) is 0 Å². The standard InChI is InChI=1S/C15H12F7NO3/c16-10-3-7(14(17,18)19)1-2-11(10)25-5-9-8-4-23-6-13(8,9)26-12(24)15(20,21)22/h1-3,8-9,23H,4-6H2/t8-,9+,13-/m1/s1. The SMILES string of the molecule is O=C(O[C@]12CNC[C@@H]1[C@@H]2COc1ccc(C(F)(F)F)cc1F)C(F)(F)F. The van der Waals surface area contributed by atoms with E-state index in [0.717, 1.165) is 6.07 Å². The molecule has 3 atom stereocenters. The van der Waals surface area contributed by atoms with Gasteiger partial charge in [-0.15, -0.1) is 0 Å². The molecule has 2 aliphatic rings. The van der Waals surface area contributed by atoms with Crippen LogP contribution in [0.1, 0.15) is 5.56 Å². The fourth-order valence-corrected chi connectivity index (χ4v) is 3.22. The molecule has 3 rings (SSSR count). The van der Waals surface area contributed by atoms with Gasteiger partial charge in [0.25, 0.3) is 0 Å². The van der Waals surface area contributed by atoms with Crippen LogP contribution >= 0.6 is 0 Å². The topological polar surface area (TPSA) is 47.6 Å². The van der Waals surface area contributed by atoms with Crippen molar-refractivity contribution in [3.05, 3.63) is 29.6 Å². The third kappa shape index (κ3) is 3.31. The number of rotatable bonds is 4. The minimum Gasteiger partial charge on any atom is -0.490 e. The van der Waals surface area contributed by atoms with Crippen LogP contribution in [0.15, 0.2) is 18.2 Å². The second kappa shape index (κ2) is 6.00. The van der Waals surface area contributed by atoms with Crippen molar-refractivity contribution < 1.29 is 45.0 Å². The van der Waals surface area contributed by atoms with Gasteiger partial charge in [-0.05, 0) is 18.2 Å². The van der Waals surface area contributed by atoms with Crippen molar-refractivity contribution in [1.29, 1.82) is 0 Å². The van der Waals surface area contributed by atoms with Gasteiger partial charge in [0.1, 0.15) is 5.60 Å². The third-order valence-electron chi connectivity index (χ3n) is 4.59. The second-order valence-corrected chi connectivity index (χ2v) is 6.14. The van der Waals surface area contributed by atoms with E-state index in [1.54, 1.807) is 0 Å². The van der Waals surface area contributed by atoms with Crippen LogP contribution in [-0.2, 0) is 15.7 Å². The minimum atomic E-state index is -5.14. The molecule has 0 unspecified atom stereocenters. The Hall–Kier alpha value is -2.04. The first-order valence-corrected chi connectivity index (χ1v) is 7.45. The Bertz CT molecular complexity index is 718. The molecule has 1 heterocycles. The van der Waals surface area contributed by atoms with Gasteiger partial charge in [0.05, 0.1) is 12.2 Å². The number of hydrogen-bond donors (Lipinski definition) is 1. The number of piperidine rings is 1. The summed E-state index contributed by atoms with van der Waals surface area (Å²) in [5, 5.41) is 2.78. The van der Waals surface area contributed by atoms with Crippen molar-refractivity contribution in [2.24, 2.45) is 11.8 Å². The minimum absolute atomic E-state index is 0.0109. The molecular formula is C15H12F7NO3. The summed E-state index contributed by atoms with van der Waals surface area (Å²) in [6.45, 7) is -0.0164. The van der Waals surface area contributed by atoms with Gasteiger partial charge in [0, 0.05) is 24.9 Å². The van der Waals surface area contributed by atoms with E-state index < -0.39 is 52.9 Å². The van der Waals surface area contributed by atoms with Crippen molar-refractivity contribution >= 4 is 5.97 Å². The number of carbonyl (C=O) groups is 1. The molecule has 144 valence electrons. The zero-order valence-electron chi connectivity index (χ0n) is 12.9. The zero-order valence-corrected chi connectivity index (χ0v) is 12.9. The number of carbonyl (C=O) groups excluding carboxylic acids is 1. The lowest BCUT2D eigenvalue weighted by molar-refractivity contribution is -0.207. The molecule has 1 aliphatic heterocycles. The maximum atomic E-state index is 13.7. The lowest BCUT2D eigenvalue weighted by Gasteiger charge is -2.18. The van der Waals surface area contributed by atoms with Crippen LogP contribution in [0.2, 0.25) is 0 Å². The molecule has 4 nitrogen and oxygen atoms in total. The monoisotopic (exact) mass is 387 g/mol. The van der Waals surface area contributed by atoms with Crippen LogP contribution < -0.4 is 10.1 Å². The van der Waals surface area contributed by atoms with Gasteiger partial charge >= 0.3 is 18.3 Å². The molecule has 0 spiro atoms. The Morgan fingerprint density at radius 1 is 1.23 bits per heavy atom. The van der Waals surface area contributed by atoms with Gasteiger partial charge in [0.15, 0.2) is 11.6 Å². The van der Waals surface area contributed by atoms with Gasteiger partial charge in [-0.25, -0.2) is 9.18 Å². The van der Waals surface area contributed by atoms with Crippen LogP contribution in [0.3, 0.4) is 0 Å². The van der Waals surface area contributed by atoms with E-state index in [9.17, 15) is 35.5 Å². The largest absolute Gasteiger partial charge is 0.490 e. The Morgan fingerprint density at radius 2 is 1.92 bits per heavy atom. The molecule has 1 N–H and O–H groups in total. The summed E-state index contributed by atoms with van der Waals surface area (Å²) < 4.78 is 98.1. The summed E-state index contributed by atoms with van der Waals surface area (Å²) >= 11 is 0. The van der Waals surface area contributed by atoms with E-state index in [2.05, 4.69) is 10.1 Å². The van der Waals surface area contributed by atoms with Crippen LogP contribution in [0.5, 0.6) is 5.75 Å². The van der Waals surface area contributed by atoms with Crippen LogP contribution in [0, 0.1) is 17.7 Å². The zero-order chi connectivity index (χ0) is 19.3. The highest BCUT2D eigenvalue weighted by Gasteiger charge is 2.72.